The monoisotopic (exact) mass is 350 g/mol. The van der Waals surface area contributed by atoms with Crippen molar-refractivity contribution in [2.24, 2.45) is 0 Å². The molecule has 0 aromatic heterocycles. The second kappa shape index (κ2) is 8.52. The second-order valence-electron chi connectivity index (χ2n) is 6.07. The number of carbonyl (C=O) groups excluding carboxylic acids is 1. The van der Waals surface area contributed by atoms with Crippen LogP contribution in [0.1, 0.15) is 32.6 Å². The first-order valence-electron chi connectivity index (χ1n) is 8.60. The van der Waals surface area contributed by atoms with E-state index in [0.29, 0.717) is 17.7 Å². The van der Waals surface area contributed by atoms with E-state index in [0.717, 1.165) is 22.4 Å². The van der Waals surface area contributed by atoms with Crippen LogP contribution in [0.2, 0.25) is 0 Å². The smallest absolute Gasteiger partial charge is 0.193 e. The third-order valence-electron chi connectivity index (χ3n) is 4.16. The zero-order valence-electron chi connectivity index (χ0n) is 15.0. The Labute approximate surface area is 159 Å². The van der Waals surface area contributed by atoms with Gasteiger partial charge < -0.3 is 5.32 Å². The van der Waals surface area contributed by atoms with Crippen molar-refractivity contribution < 1.29 is 4.79 Å². The number of rotatable bonds is 4. The number of ketones is 1. The van der Waals surface area contributed by atoms with Crippen LogP contribution < -0.4 is 5.32 Å². The summed E-state index contributed by atoms with van der Waals surface area (Å²) >= 11 is 0. The van der Waals surface area contributed by atoms with Crippen molar-refractivity contribution in [1.29, 1.82) is 5.26 Å². The fraction of sp³-hybridized carbons (Fsp3) is 0.0833. The summed E-state index contributed by atoms with van der Waals surface area (Å²) in [4.78, 5) is 12.6. The van der Waals surface area contributed by atoms with Crippen molar-refractivity contribution in [1.82, 2.24) is 0 Å². The van der Waals surface area contributed by atoms with Crippen LogP contribution in [0.5, 0.6) is 0 Å². The minimum atomic E-state index is 0.0232. The molecule has 0 aliphatic carbocycles. The van der Waals surface area contributed by atoms with Gasteiger partial charge in [-0.3, -0.25) is 4.79 Å². The maximum absolute atomic E-state index is 12.6. The molecular weight excluding hydrogens is 332 g/mol. The third kappa shape index (κ3) is 4.63. The summed E-state index contributed by atoms with van der Waals surface area (Å²) in [5, 5.41) is 12.0. The largest absolute Gasteiger partial charge is 0.374 e. The number of anilines is 1. The Kier molecular flexibility index (Phi) is 5.67. The molecule has 1 N–H and O–H groups in total. The fourth-order valence-corrected chi connectivity index (χ4v) is 2.64. The van der Waals surface area contributed by atoms with Gasteiger partial charge in [-0.25, -0.2) is 0 Å². The van der Waals surface area contributed by atoms with Gasteiger partial charge in [0.25, 0.3) is 0 Å². The van der Waals surface area contributed by atoms with E-state index in [1.165, 1.54) is 0 Å². The number of aryl methyl sites for hydroxylation is 1. The van der Waals surface area contributed by atoms with E-state index in [4.69, 9.17) is 5.26 Å². The first-order valence-corrected chi connectivity index (χ1v) is 8.60. The van der Waals surface area contributed by atoms with E-state index in [1.807, 2.05) is 67.6 Å². The lowest BCUT2D eigenvalue weighted by molar-refractivity contribution is 0.103. The van der Waals surface area contributed by atoms with E-state index in [9.17, 15) is 4.79 Å². The van der Waals surface area contributed by atoms with Crippen LogP contribution in [-0.4, -0.2) is 12.3 Å². The fourth-order valence-electron chi connectivity index (χ4n) is 2.64. The maximum atomic E-state index is 12.6. The lowest BCUT2D eigenvalue weighted by atomic mass is 9.98. The third-order valence-corrected chi connectivity index (χ3v) is 4.16. The highest BCUT2D eigenvalue weighted by Gasteiger charge is 2.10. The van der Waals surface area contributed by atoms with Crippen LogP contribution in [-0.2, 0) is 0 Å². The van der Waals surface area contributed by atoms with Gasteiger partial charge in [-0.15, -0.1) is 0 Å². The van der Waals surface area contributed by atoms with Gasteiger partial charge in [0.1, 0.15) is 0 Å². The molecule has 3 aromatic carbocycles. The Morgan fingerprint density at radius 2 is 1.59 bits per heavy atom. The molecule has 0 heterocycles. The second-order valence-corrected chi connectivity index (χ2v) is 6.07. The summed E-state index contributed by atoms with van der Waals surface area (Å²) in [5.74, 6) is 6.16. The SMILES string of the molecule is Cc1ccccc1C(=O)c1ccc(C#CCNc2ccc(C#N)cc2)cc1. The summed E-state index contributed by atoms with van der Waals surface area (Å²) in [6.45, 7) is 2.43. The number of hydrogen-bond donors (Lipinski definition) is 1. The first kappa shape index (κ1) is 18.0. The van der Waals surface area contributed by atoms with Crippen molar-refractivity contribution in [3.8, 4) is 17.9 Å². The molecule has 3 nitrogen and oxygen atoms in total. The Bertz CT molecular complexity index is 1050. The number of carbonyl (C=O) groups is 1. The van der Waals surface area contributed by atoms with Gasteiger partial charge in [-0.1, -0.05) is 36.1 Å². The van der Waals surface area contributed by atoms with Gasteiger partial charge >= 0.3 is 0 Å². The minimum absolute atomic E-state index is 0.0232. The molecule has 0 saturated heterocycles. The zero-order valence-corrected chi connectivity index (χ0v) is 15.0. The van der Waals surface area contributed by atoms with Crippen LogP contribution in [0.3, 0.4) is 0 Å². The first-order chi connectivity index (χ1) is 13.2. The molecule has 0 saturated carbocycles. The van der Waals surface area contributed by atoms with Crippen molar-refractivity contribution >= 4 is 11.5 Å². The Morgan fingerprint density at radius 3 is 2.26 bits per heavy atom. The van der Waals surface area contributed by atoms with E-state index in [2.05, 4.69) is 23.2 Å². The van der Waals surface area contributed by atoms with Gasteiger partial charge in [-0.2, -0.15) is 5.26 Å². The number of nitriles is 1. The predicted octanol–water partition coefficient (Wildman–Crippen LogP) is 4.56. The molecule has 0 atom stereocenters. The summed E-state index contributed by atoms with van der Waals surface area (Å²) in [6, 6.07) is 24.3. The van der Waals surface area contributed by atoms with E-state index in [-0.39, 0.29) is 5.78 Å². The molecule has 0 unspecified atom stereocenters. The molecule has 27 heavy (non-hydrogen) atoms. The topological polar surface area (TPSA) is 52.9 Å². The summed E-state index contributed by atoms with van der Waals surface area (Å²) in [6.07, 6.45) is 0. The number of hydrogen-bond acceptors (Lipinski definition) is 3. The molecule has 0 aliphatic heterocycles. The highest BCUT2D eigenvalue weighted by Crippen LogP contribution is 2.14. The van der Waals surface area contributed by atoms with Gasteiger partial charge in [-0.05, 0) is 61.0 Å². The van der Waals surface area contributed by atoms with Crippen LogP contribution in [0.15, 0.2) is 72.8 Å². The number of nitrogens with zero attached hydrogens (tertiary/aromatic N) is 1. The minimum Gasteiger partial charge on any atom is -0.374 e. The molecule has 0 amide bonds. The molecule has 0 bridgehead atoms. The highest BCUT2D eigenvalue weighted by atomic mass is 16.1. The molecule has 0 spiro atoms. The van der Waals surface area contributed by atoms with Crippen molar-refractivity contribution in [2.45, 2.75) is 6.92 Å². The Hall–Kier alpha value is -3.82. The average molecular weight is 350 g/mol. The van der Waals surface area contributed by atoms with Gasteiger partial charge in [0.15, 0.2) is 5.78 Å². The molecule has 3 rings (SSSR count). The molecule has 130 valence electrons. The van der Waals surface area contributed by atoms with Gasteiger partial charge in [0.05, 0.1) is 18.2 Å². The van der Waals surface area contributed by atoms with Gasteiger partial charge in [0, 0.05) is 22.4 Å². The van der Waals surface area contributed by atoms with Crippen LogP contribution in [0.4, 0.5) is 5.69 Å². The Balaban J connectivity index is 1.61. The number of nitrogens with one attached hydrogen (secondary N) is 1. The standard InChI is InChI=1S/C24H18N2O/c1-18-5-2-3-7-23(18)24(27)21-12-8-19(9-13-21)6-4-16-26-22-14-10-20(17-25)11-15-22/h2-3,5,7-15,26H,16H2,1H3. The quantitative estimate of drug-likeness (QED) is 0.554. The summed E-state index contributed by atoms with van der Waals surface area (Å²) < 4.78 is 0. The lowest BCUT2D eigenvalue weighted by Crippen LogP contribution is -2.03. The predicted molar refractivity (Wildman–Crippen MR) is 108 cm³/mol. The van der Waals surface area contributed by atoms with Crippen molar-refractivity contribution in [2.75, 3.05) is 11.9 Å². The molecule has 0 radical (unpaired) electrons. The normalized spacial score (nSPS) is 9.63. The van der Waals surface area contributed by atoms with E-state index in [1.54, 1.807) is 12.1 Å². The van der Waals surface area contributed by atoms with Crippen LogP contribution in [0, 0.1) is 30.1 Å². The van der Waals surface area contributed by atoms with Crippen LogP contribution >= 0.6 is 0 Å². The van der Waals surface area contributed by atoms with Gasteiger partial charge in [0.2, 0.25) is 0 Å². The average Bonchev–Trinajstić information content (AvgIpc) is 2.72. The molecule has 3 heteroatoms. The lowest BCUT2D eigenvalue weighted by Gasteiger charge is -2.04. The summed E-state index contributed by atoms with van der Waals surface area (Å²) in [7, 11) is 0. The highest BCUT2D eigenvalue weighted by molar-refractivity contribution is 6.09. The molecule has 0 fully saturated rings. The molecule has 3 aromatic rings. The van der Waals surface area contributed by atoms with Crippen molar-refractivity contribution in [3.05, 3.63) is 101 Å². The zero-order chi connectivity index (χ0) is 19.1. The van der Waals surface area contributed by atoms with Crippen LogP contribution in [0.25, 0.3) is 0 Å². The molecule has 0 aliphatic rings. The van der Waals surface area contributed by atoms with Crippen molar-refractivity contribution in [3.63, 3.8) is 0 Å². The maximum Gasteiger partial charge on any atom is 0.193 e. The number of benzene rings is 3. The molecular formula is C24H18N2O. The van der Waals surface area contributed by atoms with E-state index >= 15 is 0 Å². The summed E-state index contributed by atoms with van der Waals surface area (Å²) in [5.41, 5.74) is 4.76. The van der Waals surface area contributed by atoms with E-state index < -0.39 is 0 Å². The Morgan fingerprint density at radius 1 is 0.926 bits per heavy atom.